The molecule has 1 aromatic heterocycles. The number of hydrogen-bond acceptors (Lipinski definition) is 5. The number of nitrogens with zero attached hydrogens (tertiary/aromatic N) is 1. The lowest BCUT2D eigenvalue weighted by molar-refractivity contribution is -0.141. The Morgan fingerprint density at radius 3 is 2.50 bits per heavy atom. The van der Waals surface area contributed by atoms with Crippen LogP contribution in [0.1, 0.15) is 36.1 Å². The van der Waals surface area contributed by atoms with Crippen LogP contribution >= 0.6 is 11.3 Å². The smallest absolute Gasteiger partial charge is 0.435 e. The van der Waals surface area contributed by atoms with Gasteiger partial charge in [-0.25, -0.2) is 9.78 Å². The van der Waals surface area contributed by atoms with Crippen molar-refractivity contribution in [3.63, 3.8) is 0 Å². The van der Waals surface area contributed by atoms with Gasteiger partial charge in [0, 0.05) is 6.54 Å². The Balaban J connectivity index is 3.12. The topological polar surface area (TPSA) is 51.2 Å². The standard InChI is InChI=1S/C12H15F3N2O2S/c1-5-6-16-10-17-8(12(13,14)15)7(20-10)9(18)19-11(2,3)4/h5H,1,6H2,2-4H3,(H,16,17). The number of rotatable bonds is 4. The van der Waals surface area contributed by atoms with Gasteiger partial charge in [0.1, 0.15) is 10.5 Å². The molecule has 20 heavy (non-hydrogen) atoms. The molecule has 0 aliphatic rings. The SMILES string of the molecule is C=CCNc1nc(C(F)(F)F)c(C(=O)OC(C)(C)C)s1. The lowest BCUT2D eigenvalue weighted by Crippen LogP contribution is -2.25. The summed E-state index contributed by atoms with van der Waals surface area (Å²) in [5.74, 6) is -1.03. The molecule has 112 valence electrons. The number of esters is 1. The van der Waals surface area contributed by atoms with E-state index in [0.717, 1.165) is 0 Å². The van der Waals surface area contributed by atoms with Crippen molar-refractivity contribution < 1.29 is 22.7 Å². The van der Waals surface area contributed by atoms with Crippen molar-refractivity contribution in [3.05, 3.63) is 23.2 Å². The predicted octanol–water partition coefficient (Wildman–Crippen LogP) is 3.72. The van der Waals surface area contributed by atoms with Crippen LogP contribution in [0.5, 0.6) is 0 Å². The van der Waals surface area contributed by atoms with E-state index in [-0.39, 0.29) is 11.7 Å². The third-order valence-corrected chi connectivity index (χ3v) is 2.87. The predicted molar refractivity (Wildman–Crippen MR) is 71.0 cm³/mol. The number of carbonyl (C=O) groups excluding carboxylic acids is 1. The Morgan fingerprint density at radius 1 is 1.45 bits per heavy atom. The summed E-state index contributed by atoms with van der Waals surface area (Å²) in [6.45, 7) is 8.42. The second-order valence-electron chi connectivity index (χ2n) is 4.87. The van der Waals surface area contributed by atoms with Crippen molar-refractivity contribution in [1.82, 2.24) is 4.98 Å². The van der Waals surface area contributed by atoms with Gasteiger partial charge in [-0.15, -0.1) is 6.58 Å². The van der Waals surface area contributed by atoms with Crippen LogP contribution in [-0.4, -0.2) is 23.1 Å². The fourth-order valence-corrected chi connectivity index (χ4v) is 2.08. The number of anilines is 1. The number of carbonyl (C=O) groups is 1. The van der Waals surface area contributed by atoms with E-state index in [1.807, 2.05) is 0 Å². The first-order valence-electron chi connectivity index (χ1n) is 5.70. The summed E-state index contributed by atoms with van der Waals surface area (Å²) >= 11 is 0.611. The first kappa shape index (κ1) is 16.5. The van der Waals surface area contributed by atoms with Gasteiger partial charge in [0.15, 0.2) is 10.8 Å². The van der Waals surface area contributed by atoms with Crippen LogP contribution in [0.25, 0.3) is 0 Å². The number of halogens is 3. The van der Waals surface area contributed by atoms with Gasteiger partial charge in [-0.05, 0) is 20.8 Å². The normalized spacial score (nSPS) is 12.1. The van der Waals surface area contributed by atoms with Crippen molar-refractivity contribution in [2.75, 3.05) is 11.9 Å². The lowest BCUT2D eigenvalue weighted by atomic mass is 10.2. The van der Waals surface area contributed by atoms with E-state index in [4.69, 9.17) is 4.74 Å². The summed E-state index contributed by atoms with van der Waals surface area (Å²) in [7, 11) is 0. The van der Waals surface area contributed by atoms with E-state index in [9.17, 15) is 18.0 Å². The minimum absolute atomic E-state index is 0.00177. The zero-order valence-corrected chi connectivity index (χ0v) is 12.1. The molecule has 0 unspecified atom stereocenters. The summed E-state index contributed by atoms with van der Waals surface area (Å²) in [6, 6.07) is 0. The Bertz CT molecular complexity index is 504. The van der Waals surface area contributed by atoms with E-state index in [0.29, 0.717) is 11.3 Å². The molecule has 1 N–H and O–H groups in total. The molecule has 0 fully saturated rings. The molecule has 0 aromatic carbocycles. The number of thiazole rings is 1. The van der Waals surface area contributed by atoms with Crippen LogP contribution in [-0.2, 0) is 10.9 Å². The Hall–Kier alpha value is -1.57. The van der Waals surface area contributed by atoms with Gasteiger partial charge in [0.2, 0.25) is 0 Å². The van der Waals surface area contributed by atoms with Gasteiger partial charge in [-0.1, -0.05) is 17.4 Å². The number of hydrogen-bond donors (Lipinski definition) is 1. The van der Waals surface area contributed by atoms with Crippen molar-refractivity contribution in [2.24, 2.45) is 0 Å². The average Bonchev–Trinajstić information content (AvgIpc) is 2.67. The van der Waals surface area contributed by atoms with Crippen molar-refractivity contribution in [2.45, 2.75) is 32.5 Å². The molecule has 8 heteroatoms. The van der Waals surface area contributed by atoms with Gasteiger partial charge in [-0.3, -0.25) is 0 Å². The Kier molecular flexibility index (Phi) is 4.80. The van der Waals surface area contributed by atoms with E-state index in [1.54, 1.807) is 20.8 Å². The molecule has 0 saturated carbocycles. The zero-order valence-electron chi connectivity index (χ0n) is 11.3. The van der Waals surface area contributed by atoms with Crippen LogP contribution in [0.4, 0.5) is 18.3 Å². The summed E-state index contributed by atoms with van der Waals surface area (Å²) in [5.41, 5.74) is -2.11. The molecule has 0 aliphatic carbocycles. The summed E-state index contributed by atoms with van der Waals surface area (Å²) in [6.07, 6.45) is -3.24. The maximum absolute atomic E-state index is 12.9. The molecule has 0 aliphatic heterocycles. The van der Waals surface area contributed by atoms with Crippen molar-refractivity contribution >= 4 is 22.4 Å². The summed E-state index contributed by atoms with van der Waals surface area (Å²) in [4.78, 5) is 14.7. The van der Waals surface area contributed by atoms with Crippen LogP contribution in [0.15, 0.2) is 12.7 Å². The monoisotopic (exact) mass is 308 g/mol. The molecular formula is C12H15F3N2O2S. The van der Waals surface area contributed by atoms with E-state index in [1.165, 1.54) is 6.08 Å². The van der Waals surface area contributed by atoms with Gasteiger partial charge in [0.25, 0.3) is 0 Å². The first-order chi connectivity index (χ1) is 9.04. The van der Waals surface area contributed by atoms with Gasteiger partial charge in [0.05, 0.1) is 0 Å². The lowest BCUT2D eigenvalue weighted by Gasteiger charge is -2.19. The van der Waals surface area contributed by atoms with Gasteiger partial charge >= 0.3 is 12.1 Å². The molecule has 0 saturated heterocycles. The van der Waals surface area contributed by atoms with Crippen LogP contribution in [0.2, 0.25) is 0 Å². The minimum atomic E-state index is -4.71. The number of alkyl halides is 3. The quantitative estimate of drug-likeness (QED) is 0.680. The highest BCUT2D eigenvalue weighted by Gasteiger charge is 2.40. The fourth-order valence-electron chi connectivity index (χ4n) is 1.21. The summed E-state index contributed by atoms with van der Waals surface area (Å²) < 4.78 is 43.6. The highest BCUT2D eigenvalue weighted by molar-refractivity contribution is 7.17. The van der Waals surface area contributed by atoms with E-state index >= 15 is 0 Å². The zero-order chi connectivity index (χ0) is 15.6. The van der Waals surface area contributed by atoms with Crippen molar-refractivity contribution in [3.8, 4) is 0 Å². The first-order valence-corrected chi connectivity index (χ1v) is 6.52. The second kappa shape index (κ2) is 5.82. The molecule has 0 radical (unpaired) electrons. The van der Waals surface area contributed by atoms with E-state index in [2.05, 4.69) is 16.9 Å². The molecule has 1 heterocycles. The van der Waals surface area contributed by atoms with E-state index < -0.39 is 28.3 Å². The van der Waals surface area contributed by atoms with Crippen LogP contribution < -0.4 is 5.32 Å². The third-order valence-electron chi connectivity index (χ3n) is 1.88. The molecule has 1 rings (SSSR count). The average molecular weight is 308 g/mol. The molecule has 0 bridgehead atoms. The summed E-state index contributed by atoms with van der Waals surface area (Å²) in [5, 5.41) is 2.62. The highest BCUT2D eigenvalue weighted by atomic mass is 32.1. The maximum atomic E-state index is 12.9. The molecule has 4 nitrogen and oxygen atoms in total. The minimum Gasteiger partial charge on any atom is -0.456 e. The fraction of sp³-hybridized carbons (Fsp3) is 0.500. The van der Waals surface area contributed by atoms with Crippen LogP contribution in [0, 0.1) is 0 Å². The number of aromatic nitrogens is 1. The van der Waals surface area contributed by atoms with Gasteiger partial charge in [-0.2, -0.15) is 13.2 Å². The highest BCUT2D eigenvalue weighted by Crippen LogP contribution is 2.37. The number of nitrogens with one attached hydrogen (secondary N) is 1. The largest absolute Gasteiger partial charge is 0.456 e. The molecule has 0 atom stereocenters. The Labute approximate surface area is 118 Å². The van der Waals surface area contributed by atoms with Crippen LogP contribution in [0.3, 0.4) is 0 Å². The Morgan fingerprint density at radius 2 is 2.05 bits per heavy atom. The maximum Gasteiger partial charge on any atom is 0.435 e. The number of ether oxygens (including phenoxy) is 1. The molecule has 0 spiro atoms. The molecular weight excluding hydrogens is 293 g/mol. The molecule has 0 amide bonds. The van der Waals surface area contributed by atoms with Crippen molar-refractivity contribution in [1.29, 1.82) is 0 Å². The third kappa shape index (κ3) is 4.52. The second-order valence-corrected chi connectivity index (χ2v) is 5.87. The molecule has 1 aromatic rings. The van der Waals surface area contributed by atoms with Gasteiger partial charge < -0.3 is 10.1 Å².